The molecule has 1 aromatic heterocycles. The van der Waals surface area contributed by atoms with Crippen LogP contribution in [0.25, 0.3) is 0 Å². The zero-order valence-electron chi connectivity index (χ0n) is 10.8. The molecule has 100 valence electrons. The fourth-order valence-corrected chi connectivity index (χ4v) is 2.75. The van der Waals surface area contributed by atoms with Gasteiger partial charge in [-0.05, 0) is 31.4 Å². The van der Waals surface area contributed by atoms with Crippen molar-refractivity contribution in [1.29, 1.82) is 0 Å². The van der Waals surface area contributed by atoms with E-state index < -0.39 is 6.10 Å². The summed E-state index contributed by atoms with van der Waals surface area (Å²) in [5.41, 5.74) is -0.205. The third-order valence-corrected chi connectivity index (χ3v) is 4.05. The number of nitrogens with one attached hydrogen (secondary N) is 1. The van der Waals surface area contributed by atoms with Crippen molar-refractivity contribution >= 4 is 5.91 Å². The van der Waals surface area contributed by atoms with Crippen molar-refractivity contribution in [2.24, 2.45) is 5.41 Å². The fraction of sp³-hybridized carbons (Fsp3) is 0.643. The molecule has 2 rings (SSSR count). The van der Waals surface area contributed by atoms with Crippen LogP contribution in [0.3, 0.4) is 0 Å². The van der Waals surface area contributed by atoms with E-state index in [9.17, 15) is 9.90 Å². The Morgan fingerprint density at radius 3 is 2.83 bits per heavy atom. The Kier molecular flexibility index (Phi) is 4.07. The normalized spacial score (nSPS) is 19.7. The summed E-state index contributed by atoms with van der Waals surface area (Å²) in [6, 6.07) is 3.44. The molecule has 0 spiro atoms. The van der Waals surface area contributed by atoms with Gasteiger partial charge in [-0.1, -0.05) is 19.8 Å². The Balaban J connectivity index is 1.88. The lowest BCUT2D eigenvalue weighted by molar-refractivity contribution is -0.131. The molecule has 0 aromatic carbocycles. The Bertz CT molecular complexity index is 380. The summed E-state index contributed by atoms with van der Waals surface area (Å²) in [6.45, 7) is 2.28. The van der Waals surface area contributed by atoms with Crippen LogP contribution in [0.15, 0.2) is 22.8 Å². The summed E-state index contributed by atoms with van der Waals surface area (Å²) in [4.78, 5) is 12.2. The Morgan fingerprint density at radius 1 is 1.56 bits per heavy atom. The van der Waals surface area contributed by atoms with Crippen LogP contribution in [-0.2, 0) is 4.79 Å². The molecule has 2 N–H and O–H groups in total. The number of aliphatic hydroxyl groups excluding tert-OH is 1. The third-order valence-electron chi connectivity index (χ3n) is 4.05. The van der Waals surface area contributed by atoms with E-state index in [1.165, 1.54) is 6.26 Å². The van der Waals surface area contributed by atoms with Gasteiger partial charge in [0, 0.05) is 5.41 Å². The van der Waals surface area contributed by atoms with Gasteiger partial charge in [-0.2, -0.15) is 0 Å². The Labute approximate surface area is 107 Å². The number of carbonyl (C=O) groups is 1. The largest absolute Gasteiger partial charge is 0.467 e. The molecule has 1 fully saturated rings. The quantitative estimate of drug-likeness (QED) is 0.844. The van der Waals surface area contributed by atoms with E-state index in [1.54, 1.807) is 12.1 Å². The van der Waals surface area contributed by atoms with Gasteiger partial charge in [0.25, 0.3) is 0 Å². The third kappa shape index (κ3) is 2.58. The zero-order valence-corrected chi connectivity index (χ0v) is 10.8. The number of rotatable bonds is 5. The zero-order chi connectivity index (χ0) is 13.0. The molecule has 1 heterocycles. The highest BCUT2D eigenvalue weighted by atomic mass is 16.4. The maximum absolute atomic E-state index is 12.2. The van der Waals surface area contributed by atoms with Gasteiger partial charge in [0.05, 0.1) is 12.8 Å². The first-order valence-corrected chi connectivity index (χ1v) is 6.68. The van der Waals surface area contributed by atoms with E-state index in [2.05, 4.69) is 12.2 Å². The van der Waals surface area contributed by atoms with Crippen molar-refractivity contribution in [3.63, 3.8) is 0 Å². The lowest BCUT2D eigenvalue weighted by Crippen LogP contribution is -2.40. The minimum absolute atomic E-state index is 0.0770. The van der Waals surface area contributed by atoms with Gasteiger partial charge in [-0.3, -0.25) is 4.79 Å². The average molecular weight is 251 g/mol. The van der Waals surface area contributed by atoms with Gasteiger partial charge >= 0.3 is 0 Å². The van der Waals surface area contributed by atoms with Crippen molar-refractivity contribution < 1.29 is 14.3 Å². The second-order valence-corrected chi connectivity index (χ2v) is 5.08. The predicted octanol–water partition coefficient (Wildman–Crippen LogP) is 2.40. The van der Waals surface area contributed by atoms with E-state index in [1.807, 2.05) is 0 Å². The SMILES string of the molecule is CCC1(C(=O)NC[C@H](O)c2ccco2)CCCC1. The molecular formula is C14H21NO3. The molecule has 0 unspecified atom stereocenters. The molecule has 0 radical (unpaired) electrons. The maximum Gasteiger partial charge on any atom is 0.226 e. The van der Waals surface area contributed by atoms with Crippen molar-refractivity contribution in [2.45, 2.75) is 45.1 Å². The van der Waals surface area contributed by atoms with Gasteiger partial charge < -0.3 is 14.8 Å². The summed E-state index contributed by atoms with van der Waals surface area (Å²) in [5.74, 6) is 0.570. The summed E-state index contributed by atoms with van der Waals surface area (Å²) < 4.78 is 5.10. The highest BCUT2D eigenvalue weighted by Gasteiger charge is 2.39. The first kappa shape index (κ1) is 13.1. The second kappa shape index (κ2) is 5.57. The highest BCUT2D eigenvalue weighted by molar-refractivity contribution is 5.82. The lowest BCUT2D eigenvalue weighted by atomic mass is 9.82. The van der Waals surface area contributed by atoms with Crippen LogP contribution in [0.5, 0.6) is 0 Å². The topological polar surface area (TPSA) is 62.5 Å². The molecule has 1 aliphatic carbocycles. The Hall–Kier alpha value is -1.29. The van der Waals surface area contributed by atoms with E-state index in [-0.39, 0.29) is 17.9 Å². The minimum Gasteiger partial charge on any atom is -0.467 e. The molecular weight excluding hydrogens is 230 g/mol. The van der Waals surface area contributed by atoms with Crippen LogP contribution in [0, 0.1) is 5.41 Å². The molecule has 1 aromatic rings. The number of furan rings is 1. The first-order valence-electron chi connectivity index (χ1n) is 6.68. The molecule has 1 amide bonds. The van der Waals surface area contributed by atoms with Crippen LogP contribution in [0.4, 0.5) is 0 Å². The van der Waals surface area contributed by atoms with Gasteiger partial charge in [0.15, 0.2) is 0 Å². The molecule has 1 aliphatic rings. The standard InChI is InChI=1S/C14H21NO3/c1-2-14(7-3-4-8-14)13(17)15-10-11(16)12-6-5-9-18-12/h5-6,9,11,16H,2-4,7-8,10H2,1H3,(H,15,17)/t11-/m0/s1. The number of hydrogen-bond acceptors (Lipinski definition) is 3. The Morgan fingerprint density at radius 2 is 2.28 bits per heavy atom. The molecule has 4 heteroatoms. The molecule has 0 aliphatic heterocycles. The van der Waals surface area contributed by atoms with E-state index in [0.29, 0.717) is 5.76 Å². The number of aliphatic hydroxyl groups is 1. The smallest absolute Gasteiger partial charge is 0.226 e. The molecule has 0 bridgehead atoms. The second-order valence-electron chi connectivity index (χ2n) is 5.08. The van der Waals surface area contributed by atoms with Crippen LogP contribution in [0.1, 0.15) is 50.9 Å². The average Bonchev–Trinajstić information content (AvgIpc) is 3.06. The summed E-state index contributed by atoms with van der Waals surface area (Å²) in [5, 5.41) is 12.7. The molecule has 1 saturated carbocycles. The van der Waals surface area contributed by atoms with Crippen LogP contribution in [-0.4, -0.2) is 17.6 Å². The number of carbonyl (C=O) groups excluding carboxylic acids is 1. The minimum atomic E-state index is -0.765. The van der Waals surface area contributed by atoms with Crippen molar-refractivity contribution in [3.05, 3.63) is 24.2 Å². The summed E-state index contributed by atoms with van der Waals surface area (Å²) >= 11 is 0. The van der Waals surface area contributed by atoms with Crippen molar-refractivity contribution in [1.82, 2.24) is 5.32 Å². The van der Waals surface area contributed by atoms with E-state index in [0.717, 1.165) is 32.1 Å². The van der Waals surface area contributed by atoms with Crippen molar-refractivity contribution in [2.75, 3.05) is 6.54 Å². The van der Waals surface area contributed by atoms with E-state index in [4.69, 9.17) is 4.42 Å². The van der Waals surface area contributed by atoms with Crippen LogP contribution in [0.2, 0.25) is 0 Å². The molecule has 1 atom stereocenters. The monoisotopic (exact) mass is 251 g/mol. The first-order chi connectivity index (χ1) is 8.68. The summed E-state index contributed by atoms with van der Waals surface area (Å²) in [6.07, 6.45) is 5.81. The van der Waals surface area contributed by atoms with Crippen LogP contribution < -0.4 is 5.32 Å². The van der Waals surface area contributed by atoms with Gasteiger partial charge in [0.1, 0.15) is 11.9 Å². The maximum atomic E-state index is 12.2. The molecule has 0 saturated heterocycles. The lowest BCUT2D eigenvalue weighted by Gasteiger charge is -2.26. The van der Waals surface area contributed by atoms with E-state index >= 15 is 0 Å². The van der Waals surface area contributed by atoms with Gasteiger partial charge in [-0.25, -0.2) is 0 Å². The molecule has 18 heavy (non-hydrogen) atoms. The highest BCUT2D eigenvalue weighted by Crippen LogP contribution is 2.41. The van der Waals surface area contributed by atoms with Gasteiger partial charge in [0.2, 0.25) is 5.91 Å². The van der Waals surface area contributed by atoms with Crippen molar-refractivity contribution in [3.8, 4) is 0 Å². The predicted molar refractivity (Wildman–Crippen MR) is 67.9 cm³/mol. The number of amides is 1. The summed E-state index contributed by atoms with van der Waals surface area (Å²) in [7, 11) is 0. The van der Waals surface area contributed by atoms with Crippen LogP contribution >= 0.6 is 0 Å². The van der Waals surface area contributed by atoms with Gasteiger partial charge in [-0.15, -0.1) is 0 Å². The molecule has 4 nitrogen and oxygen atoms in total. The number of hydrogen-bond donors (Lipinski definition) is 2. The fourth-order valence-electron chi connectivity index (χ4n) is 2.75.